The third-order valence-electron chi connectivity index (χ3n) is 5.73. The second-order valence-electron chi connectivity index (χ2n) is 8.10. The molecular weight excluding hydrogens is 410 g/mol. The summed E-state index contributed by atoms with van der Waals surface area (Å²) in [5, 5.41) is 4.95. The van der Waals surface area contributed by atoms with Crippen molar-refractivity contribution in [2.45, 2.75) is 32.7 Å². The van der Waals surface area contributed by atoms with Gasteiger partial charge in [0.05, 0.1) is 12.9 Å². The van der Waals surface area contributed by atoms with Gasteiger partial charge in [-0.2, -0.15) is 0 Å². The van der Waals surface area contributed by atoms with Crippen molar-refractivity contribution in [1.82, 2.24) is 19.5 Å². The Kier molecular flexibility index (Phi) is 5.81. The molecule has 0 aliphatic rings. The lowest BCUT2D eigenvalue weighted by Gasteiger charge is -2.10. The van der Waals surface area contributed by atoms with Gasteiger partial charge in [0.2, 0.25) is 0 Å². The number of hydrogen-bond donors (Lipinski definition) is 1. The fourth-order valence-electron chi connectivity index (χ4n) is 4.02. The van der Waals surface area contributed by atoms with Gasteiger partial charge in [0.15, 0.2) is 17.0 Å². The highest BCUT2D eigenvalue weighted by Crippen LogP contribution is 2.24. The summed E-state index contributed by atoms with van der Waals surface area (Å²) in [7, 11) is 0. The monoisotopic (exact) mass is 435 g/mol. The molecule has 33 heavy (non-hydrogen) atoms. The second kappa shape index (κ2) is 9.20. The molecule has 1 N–H and O–H groups in total. The molecule has 0 aliphatic carbocycles. The van der Waals surface area contributed by atoms with Gasteiger partial charge in [-0.3, -0.25) is 4.79 Å². The van der Waals surface area contributed by atoms with Crippen molar-refractivity contribution in [2.75, 3.05) is 5.32 Å². The molecule has 3 aromatic carbocycles. The Hall–Kier alpha value is -4.06. The van der Waals surface area contributed by atoms with Crippen molar-refractivity contribution in [3.05, 3.63) is 96.1 Å². The van der Waals surface area contributed by atoms with Crippen molar-refractivity contribution in [3.8, 4) is 0 Å². The molecule has 164 valence electrons. The SMILES string of the molecule is CCCCc1nc(NC(=O)c2cccc3ccccc23)c2ncn(Cc3ccccc3)c2n1. The number of aryl methyl sites for hydroxylation is 1. The first-order valence-electron chi connectivity index (χ1n) is 11.3. The van der Waals surface area contributed by atoms with Gasteiger partial charge in [-0.15, -0.1) is 0 Å². The van der Waals surface area contributed by atoms with Gasteiger partial charge in [-0.25, -0.2) is 15.0 Å². The standard InChI is InChI=1S/C27H25N5O/c1-2-3-16-23-29-25(31-27(33)22-15-9-13-20-12-7-8-14-21(20)22)24-26(30-23)32(18-28-24)17-19-10-5-4-6-11-19/h4-15,18H,2-3,16-17H2,1H3,(H,29,30,31,33). The molecule has 6 nitrogen and oxygen atoms in total. The molecule has 1 amide bonds. The molecule has 0 bridgehead atoms. The quantitative estimate of drug-likeness (QED) is 0.360. The summed E-state index contributed by atoms with van der Waals surface area (Å²) in [6.45, 7) is 2.79. The fraction of sp³-hybridized carbons (Fsp3) is 0.185. The number of hydrogen-bond acceptors (Lipinski definition) is 4. The Morgan fingerprint density at radius 2 is 1.73 bits per heavy atom. The molecule has 2 aromatic heterocycles. The number of nitrogens with one attached hydrogen (secondary N) is 1. The predicted octanol–water partition coefficient (Wildman–Crippen LogP) is 5.62. The first-order valence-corrected chi connectivity index (χ1v) is 11.3. The molecule has 0 spiro atoms. The smallest absolute Gasteiger partial charge is 0.257 e. The van der Waals surface area contributed by atoms with E-state index in [0.29, 0.717) is 29.3 Å². The molecule has 0 fully saturated rings. The van der Waals surface area contributed by atoms with Gasteiger partial charge in [-0.1, -0.05) is 80.1 Å². The summed E-state index contributed by atoms with van der Waals surface area (Å²) in [5.74, 6) is 0.967. The van der Waals surface area contributed by atoms with Crippen molar-refractivity contribution >= 4 is 33.7 Å². The summed E-state index contributed by atoms with van der Waals surface area (Å²) in [6.07, 6.45) is 4.54. The average Bonchev–Trinajstić information content (AvgIpc) is 3.25. The van der Waals surface area contributed by atoms with Crippen LogP contribution in [0.4, 0.5) is 5.82 Å². The van der Waals surface area contributed by atoms with Crippen LogP contribution < -0.4 is 5.32 Å². The van der Waals surface area contributed by atoms with E-state index in [4.69, 9.17) is 4.98 Å². The van der Waals surface area contributed by atoms with Gasteiger partial charge in [-0.05, 0) is 28.8 Å². The Morgan fingerprint density at radius 1 is 0.939 bits per heavy atom. The molecule has 5 rings (SSSR count). The molecule has 6 heteroatoms. The summed E-state index contributed by atoms with van der Waals surface area (Å²) in [5.41, 5.74) is 3.10. The lowest BCUT2D eigenvalue weighted by Crippen LogP contribution is -2.15. The van der Waals surface area contributed by atoms with E-state index in [2.05, 4.69) is 34.3 Å². The van der Waals surface area contributed by atoms with Gasteiger partial charge in [0.1, 0.15) is 5.82 Å². The minimum absolute atomic E-state index is 0.203. The summed E-state index contributed by atoms with van der Waals surface area (Å²) in [6, 6.07) is 23.8. The maximum Gasteiger partial charge on any atom is 0.257 e. The van der Waals surface area contributed by atoms with Crippen LogP contribution in [0.1, 0.15) is 41.5 Å². The Morgan fingerprint density at radius 3 is 2.58 bits per heavy atom. The molecule has 0 radical (unpaired) electrons. The van der Waals surface area contributed by atoms with Crippen LogP contribution in [-0.4, -0.2) is 25.4 Å². The number of unbranched alkanes of at least 4 members (excludes halogenated alkanes) is 1. The normalized spacial score (nSPS) is 11.2. The van der Waals surface area contributed by atoms with Crippen LogP contribution in [-0.2, 0) is 13.0 Å². The van der Waals surface area contributed by atoms with Crippen molar-refractivity contribution in [3.63, 3.8) is 0 Å². The van der Waals surface area contributed by atoms with Crippen LogP contribution in [0.15, 0.2) is 79.1 Å². The Bertz CT molecular complexity index is 1420. The molecular formula is C27H25N5O. The van der Waals surface area contributed by atoms with Gasteiger partial charge < -0.3 is 9.88 Å². The number of carbonyl (C=O) groups excluding carboxylic acids is 1. The fourth-order valence-corrected chi connectivity index (χ4v) is 4.02. The first-order chi connectivity index (χ1) is 16.2. The topological polar surface area (TPSA) is 72.7 Å². The van der Waals surface area contributed by atoms with Crippen LogP contribution in [0.5, 0.6) is 0 Å². The van der Waals surface area contributed by atoms with E-state index in [1.807, 2.05) is 65.2 Å². The molecule has 5 aromatic rings. The number of imidazole rings is 1. The minimum Gasteiger partial charge on any atom is -0.311 e. The van der Waals surface area contributed by atoms with E-state index >= 15 is 0 Å². The number of anilines is 1. The van der Waals surface area contributed by atoms with Crippen molar-refractivity contribution < 1.29 is 4.79 Å². The third-order valence-corrected chi connectivity index (χ3v) is 5.73. The lowest BCUT2D eigenvalue weighted by molar-refractivity contribution is 0.102. The van der Waals surface area contributed by atoms with Crippen LogP contribution in [0.25, 0.3) is 21.9 Å². The number of fused-ring (bicyclic) bond motifs is 2. The number of aromatic nitrogens is 4. The zero-order valence-electron chi connectivity index (χ0n) is 18.5. The van der Waals surface area contributed by atoms with Gasteiger partial charge >= 0.3 is 0 Å². The number of benzene rings is 3. The zero-order chi connectivity index (χ0) is 22.6. The van der Waals surface area contributed by atoms with E-state index in [9.17, 15) is 4.79 Å². The van der Waals surface area contributed by atoms with E-state index < -0.39 is 0 Å². The van der Waals surface area contributed by atoms with Gasteiger partial charge in [0.25, 0.3) is 5.91 Å². The number of rotatable bonds is 7. The van der Waals surface area contributed by atoms with E-state index in [1.54, 1.807) is 6.33 Å². The number of amides is 1. The van der Waals surface area contributed by atoms with Gasteiger partial charge in [0, 0.05) is 12.0 Å². The van der Waals surface area contributed by atoms with Crippen molar-refractivity contribution in [2.24, 2.45) is 0 Å². The Labute approximate surface area is 192 Å². The number of carbonyl (C=O) groups is 1. The second-order valence-corrected chi connectivity index (χ2v) is 8.10. The molecule has 0 saturated heterocycles. The largest absolute Gasteiger partial charge is 0.311 e. The van der Waals surface area contributed by atoms with Crippen LogP contribution >= 0.6 is 0 Å². The molecule has 0 unspecified atom stereocenters. The third kappa shape index (κ3) is 4.32. The summed E-state index contributed by atoms with van der Waals surface area (Å²) >= 11 is 0. The highest BCUT2D eigenvalue weighted by Gasteiger charge is 2.17. The van der Waals surface area contributed by atoms with Crippen molar-refractivity contribution in [1.29, 1.82) is 0 Å². The van der Waals surface area contributed by atoms with E-state index in [-0.39, 0.29) is 5.91 Å². The minimum atomic E-state index is -0.203. The summed E-state index contributed by atoms with van der Waals surface area (Å²) < 4.78 is 2.01. The molecule has 0 aliphatic heterocycles. The van der Waals surface area contributed by atoms with Crippen LogP contribution in [0.3, 0.4) is 0 Å². The maximum absolute atomic E-state index is 13.3. The van der Waals surface area contributed by atoms with E-state index in [1.165, 1.54) is 0 Å². The highest BCUT2D eigenvalue weighted by molar-refractivity contribution is 6.14. The van der Waals surface area contributed by atoms with Crippen LogP contribution in [0.2, 0.25) is 0 Å². The molecule has 0 saturated carbocycles. The van der Waals surface area contributed by atoms with Crippen LogP contribution in [0, 0.1) is 0 Å². The molecule has 0 atom stereocenters. The predicted molar refractivity (Wildman–Crippen MR) is 131 cm³/mol. The summed E-state index contributed by atoms with van der Waals surface area (Å²) in [4.78, 5) is 27.3. The Balaban J connectivity index is 1.54. The zero-order valence-corrected chi connectivity index (χ0v) is 18.5. The lowest BCUT2D eigenvalue weighted by atomic mass is 10.0. The molecule has 2 heterocycles. The number of nitrogens with zero attached hydrogens (tertiary/aromatic N) is 4. The highest BCUT2D eigenvalue weighted by atomic mass is 16.1. The first kappa shape index (κ1) is 20.8. The maximum atomic E-state index is 13.3. The average molecular weight is 436 g/mol. The van der Waals surface area contributed by atoms with E-state index in [0.717, 1.165) is 41.2 Å².